The fourth-order valence-corrected chi connectivity index (χ4v) is 6.28. The van der Waals surface area contributed by atoms with Gasteiger partial charge in [0.1, 0.15) is 12.7 Å². The second-order valence-corrected chi connectivity index (χ2v) is 15.1. The number of esters is 1. The van der Waals surface area contributed by atoms with Gasteiger partial charge in [-0.1, -0.05) is 154 Å². The van der Waals surface area contributed by atoms with Crippen LogP contribution in [0.3, 0.4) is 0 Å². The third-order valence-electron chi connectivity index (χ3n) is 8.63. The summed E-state index contributed by atoms with van der Waals surface area (Å²) in [5.41, 5.74) is 0. The second-order valence-electron chi connectivity index (χ2n) is 13.6. The van der Waals surface area contributed by atoms with E-state index in [1.54, 1.807) is 0 Å². The number of hydrogen-bond acceptors (Lipinski definition) is 7. The molecule has 0 aromatic carbocycles. The number of rotatable bonds is 38. The van der Waals surface area contributed by atoms with Gasteiger partial charge in [-0.2, -0.15) is 0 Å². The highest BCUT2D eigenvalue weighted by molar-refractivity contribution is 7.47. The minimum atomic E-state index is -4.41. The molecule has 1 amide bonds. The molecule has 9 nitrogen and oxygen atoms in total. The lowest BCUT2D eigenvalue weighted by molar-refractivity contribution is -0.147. The molecule has 0 bridgehead atoms. The average molecular weight is 730 g/mol. The monoisotopic (exact) mass is 730 g/mol. The topological polar surface area (TPSA) is 131 Å². The summed E-state index contributed by atoms with van der Waals surface area (Å²) in [7, 11) is -4.41. The summed E-state index contributed by atoms with van der Waals surface area (Å²) in [6.07, 6.45) is 38.2. The Kier molecular flexibility index (Phi) is 36.1. The van der Waals surface area contributed by atoms with E-state index in [0.29, 0.717) is 6.42 Å². The van der Waals surface area contributed by atoms with Crippen molar-refractivity contribution in [2.24, 2.45) is 0 Å². The maximum absolute atomic E-state index is 12.1. The van der Waals surface area contributed by atoms with E-state index in [4.69, 9.17) is 13.8 Å². The second kappa shape index (κ2) is 37.3. The van der Waals surface area contributed by atoms with Crippen LogP contribution in [0.1, 0.15) is 187 Å². The first-order valence-corrected chi connectivity index (χ1v) is 21.8. The molecule has 0 aliphatic heterocycles. The molecule has 0 aromatic rings. The highest BCUT2D eigenvalue weighted by atomic mass is 31.2. The molecule has 2 atom stereocenters. The van der Waals surface area contributed by atoms with Crippen molar-refractivity contribution in [2.75, 3.05) is 26.4 Å². The maximum Gasteiger partial charge on any atom is 0.472 e. The Morgan fingerprint density at radius 3 is 1.62 bits per heavy atom. The summed E-state index contributed by atoms with van der Waals surface area (Å²) in [6, 6.07) is 0. The van der Waals surface area contributed by atoms with Gasteiger partial charge in [0, 0.05) is 19.4 Å². The number of nitrogens with one attached hydrogen (secondary N) is 1. The smallest absolute Gasteiger partial charge is 0.463 e. The summed E-state index contributed by atoms with van der Waals surface area (Å²) in [5.74, 6) is -0.522. The lowest BCUT2D eigenvalue weighted by Crippen LogP contribution is -2.27. The van der Waals surface area contributed by atoms with Crippen LogP contribution >= 0.6 is 7.82 Å². The predicted octanol–water partition coefficient (Wildman–Crippen LogP) is 10.8. The number of aliphatic hydroxyl groups is 1. The first kappa shape index (κ1) is 48.5. The Labute approximate surface area is 306 Å². The van der Waals surface area contributed by atoms with Crippen molar-refractivity contribution in [2.45, 2.75) is 193 Å². The van der Waals surface area contributed by atoms with Crippen molar-refractivity contribution in [1.29, 1.82) is 0 Å². The Hall–Kier alpha value is -1.51. The van der Waals surface area contributed by atoms with Crippen molar-refractivity contribution in [1.82, 2.24) is 5.32 Å². The number of ether oxygens (including phenoxy) is 1. The molecule has 0 spiro atoms. The van der Waals surface area contributed by atoms with E-state index in [9.17, 15) is 24.2 Å². The van der Waals surface area contributed by atoms with Gasteiger partial charge in [-0.25, -0.2) is 4.57 Å². The van der Waals surface area contributed by atoms with Crippen LogP contribution in [0.4, 0.5) is 0 Å². The van der Waals surface area contributed by atoms with Crippen LogP contribution in [0.5, 0.6) is 0 Å². The van der Waals surface area contributed by atoms with Gasteiger partial charge in [0.2, 0.25) is 5.91 Å². The van der Waals surface area contributed by atoms with Crippen LogP contribution in [-0.4, -0.2) is 54.3 Å². The predicted molar refractivity (Wildman–Crippen MR) is 206 cm³/mol. The lowest BCUT2D eigenvalue weighted by atomic mass is 10.1. The van der Waals surface area contributed by atoms with Crippen LogP contribution in [0, 0.1) is 0 Å². The average Bonchev–Trinajstić information content (AvgIpc) is 3.10. The minimum absolute atomic E-state index is 0.0835. The molecule has 0 aliphatic rings. The quantitative estimate of drug-likeness (QED) is 0.0248. The molecule has 294 valence electrons. The number of phosphoric ester groups is 1. The molecule has 0 saturated carbocycles. The van der Waals surface area contributed by atoms with E-state index >= 15 is 0 Å². The fraction of sp³-hybridized carbons (Fsp3) is 0.850. The highest BCUT2D eigenvalue weighted by Crippen LogP contribution is 2.42. The first-order valence-electron chi connectivity index (χ1n) is 20.3. The number of aliphatic hydroxyl groups excluding tert-OH is 1. The number of carbonyl (C=O) groups is 2. The summed E-state index contributed by atoms with van der Waals surface area (Å²) >= 11 is 0. The standard InChI is InChI=1S/C40H76NO8P/c1-3-5-7-9-11-13-15-16-17-18-19-20-21-23-25-27-29-31-33-40(44)47-36-38(42)37-49-50(45,46)48-35-34-41-39(43)32-30-28-26-24-22-14-12-10-8-6-4-2/h13,15,17-18,38,42H,3-12,14,16,19-37H2,1-2H3,(H,41,43)(H,45,46)/b15-13-,18-17-. The third-order valence-corrected chi connectivity index (χ3v) is 9.62. The van der Waals surface area contributed by atoms with Crippen molar-refractivity contribution < 1.29 is 37.9 Å². The van der Waals surface area contributed by atoms with Crippen LogP contribution in [-0.2, 0) is 27.9 Å². The molecule has 0 radical (unpaired) electrons. The van der Waals surface area contributed by atoms with E-state index in [2.05, 4.69) is 43.5 Å². The van der Waals surface area contributed by atoms with Gasteiger partial charge in [0.15, 0.2) is 0 Å². The molecule has 0 saturated heterocycles. The van der Waals surface area contributed by atoms with Gasteiger partial charge in [-0.15, -0.1) is 0 Å². The van der Waals surface area contributed by atoms with Gasteiger partial charge in [0.25, 0.3) is 0 Å². The third kappa shape index (κ3) is 37.7. The number of phosphoric acid groups is 1. The molecular weight excluding hydrogens is 653 g/mol. The molecular formula is C40H76NO8P. The van der Waals surface area contributed by atoms with E-state index in [-0.39, 0.29) is 32.1 Å². The van der Waals surface area contributed by atoms with Crippen LogP contribution in [0.25, 0.3) is 0 Å². The zero-order chi connectivity index (χ0) is 36.8. The zero-order valence-electron chi connectivity index (χ0n) is 32.1. The van der Waals surface area contributed by atoms with Crippen LogP contribution in [0.15, 0.2) is 24.3 Å². The number of allylic oxidation sites excluding steroid dienone is 4. The maximum atomic E-state index is 12.1. The summed E-state index contributed by atoms with van der Waals surface area (Å²) in [6.45, 7) is 3.52. The fourth-order valence-electron chi connectivity index (χ4n) is 5.53. The Morgan fingerprint density at radius 2 is 1.08 bits per heavy atom. The molecule has 0 rings (SSSR count). The number of hydrogen-bond donors (Lipinski definition) is 3. The van der Waals surface area contributed by atoms with Crippen molar-refractivity contribution in [3.05, 3.63) is 24.3 Å². The molecule has 0 aliphatic carbocycles. The van der Waals surface area contributed by atoms with E-state index in [0.717, 1.165) is 57.8 Å². The Balaban J connectivity index is 3.61. The Bertz CT molecular complexity index is 881. The SMILES string of the molecule is CCCCCC/C=C\C/C=C\CCCCCCCCCC(=O)OCC(O)COP(=O)(O)OCCNC(=O)CCCCCCCCCCCCC. The zero-order valence-corrected chi connectivity index (χ0v) is 33.0. The van der Waals surface area contributed by atoms with Crippen molar-refractivity contribution in [3.63, 3.8) is 0 Å². The largest absolute Gasteiger partial charge is 0.472 e. The molecule has 2 unspecified atom stereocenters. The molecule has 0 heterocycles. The van der Waals surface area contributed by atoms with E-state index in [1.165, 1.54) is 103 Å². The van der Waals surface area contributed by atoms with Crippen molar-refractivity contribution >= 4 is 19.7 Å². The molecule has 10 heteroatoms. The van der Waals surface area contributed by atoms with Crippen molar-refractivity contribution in [3.8, 4) is 0 Å². The summed E-state index contributed by atoms with van der Waals surface area (Å²) < 4.78 is 26.8. The van der Waals surface area contributed by atoms with Crippen LogP contribution in [0.2, 0.25) is 0 Å². The minimum Gasteiger partial charge on any atom is -0.463 e. The number of amides is 1. The summed E-state index contributed by atoms with van der Waals surface area (Å²) in [5, 5.41) is 12.7. The van der Waals surface area contributed by atoms with Gasteiger partial charge < -0.3 is 20.1 Å². The molecule has 50 heavy (non-hydrogen) atoms. The van der Waals surface area contributed by atoms with E-state index < -0.39 is 26.5 Å². The van der Waals surface area contributed by atoms with Crippen LogP contribution < -0.4 is 5.32 Å². The lowest BCUT2D eigenvalue weighted by Gasteiger charge is -2.15. The van der Waals surface area contributed by atoms with E-state index in [1.807, 2.05) is 0 Å². The molecule has 0 aromatic heterocycles. The highest BCUT2D eigenvalue weighted by Gasteiger charge is 2.23. The Morgan fingerprint density at radius 1 is 0.620 bits per heavy atom. The van der Waals surface area contributed by atoms with Gasteiger partial charge in [-0.3, -0.25) is 18.6 Å². The van der Waals surface area contributed by atoms with Gasteiger partial charge in [0.05, 0.1) is 13.2 Å². The first-order chi connectivity index (χ1) is 24.3. The number of carbonyl (C=O) groups excluding carboxylic acids is 2. The summed E-state index contributed by atoms with van der Waals surface area (Å²) in [4.78, 5) is 33.8. The number of unbranched alkanes of at least 4 members (excludes halogenated alkanes) is 21. The molecule has 0 fully saturated rings. The van der Waals surface area contributed by atoms with Gasteiger partial charge in [-0.05, 0) is 44.9 Å². The normalized spacial score (nSPS) is 13.6. The van der Waals surface area contributed by atoms with Gasteiger partial charge >= 0.3 is 13.8 Å². The molecule has 3 N–H and O–H groups in total.